The number of hydrogen-bond acceptors (Lipinski definition) is 6. The number of aromatic nitrogens is 3. The maximum Gasteiger partial charge on any atom is 0.406 e. The Bertz CT molecular complexity index is 1430. The van der Waals surface area contributed by atoms with Crippen molar-refractivity contribution in [3.8, 4) is 11.4 Å². The Kier molecular flexibility index (Phi) is 6.52. The molecule has 1 aliphatic heterocycles. The van der Waals surface area contributed by atoms with E-state index in [0.717, 1.165) is 31.9 Å². The Morgan fingerprint density at radius 3 is 2.54 bits per heavy atom. The molecule has 2 aromatic carbocycles. The molecule has 0 spiro atoms. The number of alkyl halides is 3. The van der Waals surface area contributed by atoms with Gasteiger partial charge in [-0.05, 0) is 29.8 Å². The van der Waals surface area contributed by atoms with Crippen LogP contribution >= 0.6 is 0 Å². The van der Waals surface area contributed by atoms with Crippen LogP contribution in [0.4, 0.5) is 29.1 Å². The molecule has 192 valence electrons. The third-order valence-electron chi connectivity index (χ3n) is 6.09. The van der Waals surface area contributed by atoms with Crippen LogP contribution in [0.25, 0.3) is 22.3 Å². The number of carbonyl (C=O) groups is 1. The number of hydrazine groups is 1. The van der Waals surface area contributed by atoms with Crippen LogP contribution in [-0.2, 0) is 0 Å². The number of rotatable bonds is 6. The van der Waals surface area contributed by atoms with Crippen LogP contribution in [0.2, 0.25) is 0 Å². The second-order valence-electron chi connectivity index (χ2n) is 8.86. The molecule has 2 aromatic heterocycles. The number of H-pyrrole nitrogens is 1. The van der Waals surface area contributed by atoms with Crippen LogP contribution < -0.4 is 16.2 Å². The molecule has 0 atom stereocenters. The Morgan fingerprint density at radius 2 is 1.84 bits per heavy atom. The quantitative estimate of drug-likeness (QED) is 0.287. The van der Waals surface area contributed by atoms with E-state index in [1.165, 1.54) is 6.07 Å². The zero-order chi connectivity index (χ0) is 26.2. The summed E-state index contributed by atoms with van der Waals surface area (Å²) in [6, 6.07) is 14.2. The van der Waals surface area contributed by atoms with Crippen molar-refractivity contribution < 1.29 is 22.4 Å². The van der Waals surface area contributed by atoms with Gasteiger partial charge in [-0.3, -0.25) is 15.6 Å². The first-order valence-electron chi connectivity index (χ1n) is 11.5. The molecule has 0 saturated carbocycles. The Hall–Kier alpha value is -4.03. The van der Waals surface area contributed by atoms with Crippen LogP contribution in [0.1, 0.15) is 22.0 Å². The maximum atomic E-state index is 14.5. The molecule has 4 N–H and O–H groups in total. The second kappa shape index (κ2) is 9.79. The van der Waals surface area contributed by atoms with Gasteiger partial charge < -0.3 is 15.2 Å². The molecule has 1 saturated heterocycles. The third kappa shape index (κ3) is 5.54. The summed E-state index contributed by atoms with van der Waals surface area (Å²) >= 11 is 0. The lowest BCUT2D eigenvalue weighted by molar-refractivity contribution is -0.138. The zero-order valence-corrected chi connectivity index (χ0v) is 19.7. The predicted octanol–water partition coefficient (Wildman–Crippen LogP) is 4.33. The smallest absolute Gasteiger partial charge is 0.351 e. The number of hydrogen-bond donors (Lipinski definition) is 4. The largest absolute Gasteiger partial charge is 0.406 e. The van der Waals surface area contributed by atoms with Gasteiger partial charge in [0.05, 0.1) is 6.20 Å². The molecule has 0 unspecified atom stereocenters. The van der Waals surface area contributed by atoms with Crippen LogP contribution in [0, 0.1) is 5.82 Å². The fourth-order valence-electron chi connectivity index (χ4n) is 4.20. The van der Waals surface area contributed by atoms with E-state index < -0.39 is 24.4 Å². The van der Waals surface area contributed by atoms with Crippen molar-refractivity contribution in [2.45, 2.75) is 12.1 Å². The monoisotopic (exact) mass is 513 g/mol. The fourth-order valence-corrected chi connectivity index (χ4v) is 4.20. The van der Waals surface area contributed by atoms with E-state index in [1.54, 1.807) is 18.2 Å². The third-order valence-corrected chi connectivity index (χ3v) is 6.09. The Morgan fingerprint density at radius 1 is 1.11 bits per heavy atom. The highest BCUT2D eigenvalue weighted by atomic mass is 19.4. The van der Waals surface area contributed by atoms with E-state index in [4.69, 9.17) is 0 Å². The molecule has 0 radical (unpaired) electrons. The van der Waals surface area contributed by atoms with Gasteiger partial charge in [0.1, 0.15) is 12.2 Å². The highest BCUT2D eigenvalue weighted by Crippen LogP contribution is 2.27. The van der Waals surface area contributed by atoms with E-state index in [0.29, 0.717) is 33.0 Å². The minimum absolute atomic E-state index is 0.00169. The summed E-state index contributed by atoms with van der Waals surface area (Å²) in [5.41, 5.74) is 9.08. The van der Waals surface area contributed by atoms with Gasteiger partial charge in [0.15, 0.2) is 17.5 Å². The number of nitrogens with one attached hydrogen (secondary N) is 4. The highest BCUT2D eigenvalue weighted by Gasteiger charge is 2.32. The number of anilines is 2. The van der Waals surface area contributed by atoms with Crippen molar-refractivity contribution in [2.24, 2.45) is 0 Å². The Labute approximate surface area is 209 Å². The number of aromatic amines is 1. The van der Waals surface area contributed by atoms with Crippen LogP contribution in [0.5, 0.6) is 0 Å². The molecule has 1 amide bonds. The summed E-state index contributed by atoms with van der Waals surface area (Å²) in [4.78, 5) is 24.3. The van der Waals surface area contributed by atoms with Gasteiger partial charge in [0, 0.05) is 48.2 Å². The summed E-state index contributed by atoms with van der Waals surface area (Å²) in [7, 11) is 1.09. The first-order valence-corrected chi connectivity index (χ1v) is 11.5. The number of benzene rings is 2. The highest BCUT2D eigenvalue weighted by molar-refractivity contribution is 5.98. The number of fused-ring (bicyclic) bond motifs is 1. The Balaban J connectivity index is 1.36. The average molecular weight is 513 g/mol. The summed E-state index contributed by atoms with van der Waals surface area (Å²) in [5.74, 6) is -0.815. The number of halogens is 4. The molecule has 37 heavy (non-hydrogen) atoms. The molecule has 1 aliphatic rings. The van der Waals surface area contributed by atoms with Gasteiger partial charge in [-0.1, -0.05) is 24.3 Å². The average Bonchev–Trinajstić information content (AvgIpc) is 3.54. The molecule has 12 heteroatoms. The summed E-state index contributed by atoms with van der Waals surface area (Å²) in [5, 5.41) is 3.61. The molecule has 3 heterocycles. The van der Waals surface area contributed by atoms with Crippen molar-refractivity contribution in [3.63, 3.8) is 0 Å². The molecular weight excluding hydrogens is 490 g/mol. The van der Waals surface area contributed by atoms with Gasteiger partial charge in [-0.15, -0.1) is 0 Å². The second-order valence-corrected chi connectivity index (χ2v) is 8.86. The number of nitrogens with zero attached hydrogens (tertiary/aromatic N) is 3. The van der Waals surface area contributed by atoms with Crippen LogP contribution in [-0.4, -0.2) is 58.6 Å². The minimum Gasteiger partial charge on any atom is -0.351 e. The lowest BCUT2D eigenvalue weighted by atomic mass is 10.0. The summed E-state index contributed by atoms with van der Waals surface area (Å²) < 4.78 is 52.5. The zero-order valence-electron chi connectivity index (χ0n) is 19.7. The topological polar surface area (TPSA) is 98.0 Å². The molecule has 1 fully saturated rings. The van der Waals surface area contributed by atoms with Crippen molar-refractivity contribution in [2.75, 3.05) is 32.0 Å². The van der Waals surface area contributed by atoms with E-state index >= 15 is 0 Å². The molecule has 8 nitrogen and oxygen atoms in total. The lowest BCUT2D eigenvalue weighted by Gasteiger charge is -2.17. The first kappa shape index (κ1) is 24.7. The van der Waals surface area contributed by atoms with E-state index in [-0.39, 0.29) is 17.3 Å². The van der Waals surface area contributed by atoms with Crippen molar-refractivity contribution >= 4 is 28.3 Å². The minimum atomic E-state index is -4.50. The summed E-state index contributed by atoms with van der Waals surface area (Å²) in [6.07, 6.45) is -3.43. The van der Waals surface area contributed by atoms with E-state index in [2.05, 4.69) is 31.1 Å². The summed E-state index contributed by atoms with van der Waals surface area (Å²) in [6.45, 7) is 0.312. The number of amides is 1. The first-order chi connectivity index (χ1) is 17.7. The predicted molar refractivity (Wildman–Crippen MR) is 131 cm³/mol. The van der Waals surface area contributed by atoms with Crippen molar-refractivity contribution in [1.82, 2.24) is 30.7 Å². The SMILES string of the molecule is CN(CC(F)(F)F)C(=O)c1cc2ccc(-c3ncc(F)c(Nc4ccc(C5CNNC5)cc4)n3)cc2[nH]1. The molecule has 0 aliphatic carbocycles. The van der Waals surface area contributed by atoms with E-state index in [9.17, 15) is 22.4 Å². The van der Waals surface area contributed by atoms with Gasteiger partial charge >= 0.3 is 6.18 Å². The maximum absolute atomic E-state index is 14.5. The molecule has 4 aromatic rings. The molecule has 5 rings (SSSR count). The standard InChI is InChI=1S/C25H23F4N7O/c1-36(13-25(27,28)29)24(37)21-8-15-2-3-16(9-20(15)34-21)22-30-12-19(26)23(35-22)33-18-6-4-14(5-7-18)17-10-31-32-11-17/h2-9,12,17,31-32,34H,10-11,13H2,1H3,(H,30,33,35). The van der Waals surface area contributed by atoms with Crippen molar-refractivity contribution in [1.29, 1.82) is 0 Å². The van der Waals surface area contributed by atoms with E-state index in [1.807, 2.05) is 24.3 Å². The van der Waals surface area contributed by atoms with Crippen LogP contribution in [0.15, 0.2) is 54.7 Å². The van der Waals surface area contributed by atoms with Crippen molar-refractivity contribution in [3.05, 3.63) is 71.8 Å². The normalized spacial score (nSPS) is 14.3. The van der Waals surface area contributed by atoms with Gasteiger partial charge in [-0.2, -0.15) is 13.2 Å². The van der Waals surface area contributed by atoms with Gasteiger partial charge in [0.25, 0.3) is 5.91 Å². The number of carbonyl (C=O) groups excluding carboxylic acids is 1. The molecule has 0 bridgehead atoms. The fraction of sp³-hybridized carbons (Fsp3) is 0.240. The van der Waals surface area contributed by atoms with Gasteiger partial charge in [-0.25, -0.2) is 14.4 Å². The van der Waals surface area contributed by atoms with Crippen LogP contribution in [0.3, 0.4) is 0 Å². The lowest BCUT2D eigenvalue weighted by Crippen LogP contribution is -2.35. The van der Waals surface area contributed by atoms with Gasteiger partial charge in [0.2, 0.25) is 0 Å². The molecular formula is C25H23F4N7O.